The van der Waals surface area contributed by atoms with Crippen LogP contribution >= 0.6 is 0 Å². The maximum Gasteiger partial charge on any atom is 0.226 e. The summed E-state index contributed by atoms with van der Waals surface area (Å²) in [6.45, 7) is 5.93. The van der Waals surface area contributed by atoms with Crippen molar-refractivity contribution in [2.75, 3.05) is 0 Å². The lowest BCUT2D eigenvalue weighted by Crippen LogP contribution is -1.85. The standard InChI is InChI=1S/C14H14N2O/c1-9-6-10(2)8-12(7-9)14-16-13(4-5-15)11(3)17-14/h6-8H,4H2,1-3H3. The monoisotopic (exact) mass is 226 g/mol. The average molecular weight is 226 g/mol. The number of oxazole rings is 1. The van der Waals surface area contributed by atoms with Crippen LogP contribution in [-0.4, -0.2) is 4.98 Å². The Morgan fingerprint density at radius 1 is 1.18 bits per heavy atom. The van der Waals surface area contributed by atoms with Crippen molar-refractivity contribution in [1.82, 2.24) is 4.98 Å². The van der Waals surface area contributed by atoms with Crippen molar-refractivity contribution in [3.05, 3.63) is 40.8 Å². The minimum Gasteiger partial charge on any atom is -0.441 e. The molecule has 1 heterocycles. The Morgan fingerprint density at radius 2 is 1.82 bits per heavy atom. The van der Waals surface area contributed by atoms with Gasteiger partial charge in [-0.3, -0.25) is 0 Å². The van der Waals surface area contributed by atoms with Crippen LogP contribution in [0.2, 0.25) is 0 Å². The van der Waals surface area contributed by atoms with E-state index in [-0.39, 0.29) is 0 Å². The molecule has 0 saturated heterocycles. The molecule has 0 radical (unpaired) electrons. The van der Waals surface area contributed by atoms with Gasteiger partial charge in [0.15, 0.2) is 0 Å². The van der Waals surface area contributed by atoms with Crippen LogP contribution in [0, 0.1) is 32.1 Å². The average Bonchev–Trinajstić information content (AvgIpc) is 2.60. The van der Waals surface area contributed by atoms with Crippen LogP contribution in [-0.2, 0) is 6.42 Å². The lowest BCUT2D eigenvalue weighted by molar-refractivity contribution is 0.540. The van der Waals surface area contributed by atoms with Crippen molar-refractivity contribution in [1.29, 1.82) is 5.26 Å². The quantitative estimate of drug-likeness (QED) is 0.789. The van der Waals surface area contributed by atoms with E-state index < -0.39 is 0 Å². The Labute approximate surface area is 101 Å². The molecular weight excluding hydrogens is 212 g/mol. The van der Waals surface area contributed by atoms with E-state index in [1.165, 1.54) is 11.1 Å². The molecule has 0 aliphatic heterocycles. The first-order valence-corrected chi connectivity index (χ1v) is 5.52. The van der Waals surface area contributed by atoms with E-state index in [2.05, 4.69) is 17.1 Å². The van der Waals surface area contributed by atoms with Crippen molar-refractivity contribution in [3.63, 3.8) is 0 Å². The summed E-state index contributed by atoms with van der Waals surface area (Å²) in [4.78, 5) is 4.36. The van der Waals surface area contributed by atoms with Gasteiger partial charge < -0.3 is 4.42 Å². The van der Waals surface area contributed by atoms with Gasteiger partial charge in [0.25, 0.3) is 0 Å². The number of aryl methyl sites for hydroxylation is 3. The van der Waals surface area contributed by atoms with Gasteiger partial charge in [0.1, 0.15) is 5.76 Å². The summed E-state index contributed by atoms with van der Waals surface area (Å²) >= 11 is 0. The molecule has 0 atom stereocenters. The second-order valence-electron chi connectivity index (χ2n) is 4.23. The number of aromatic nitrogens is 1. The Kier molecular flexibility index (Phi) is 2.97. The molecule has 1 aromatic carbocycles. The van der Waals surface area contributed by atoms with Crippen LogP contribution in [0.3, 0.4) is 0 Å². The Balaban J connectivity index is 2.46. The minimum atomic E-state index is 0.292. The van der Waals surface area contributed by atoms with E-state index in [1.807, 2.05) is 32.9 Å². The number of nitrogens with zero attached hydrogens (tertiary/aromatic N) is 2. The largest absolute Gasteiger partial charge is 0.441 e. The molecule has 0 spiro atoms. The van der Waals surface area contributed by atoms with Gasteiger partial charge in [0.2, 0.25) is 5.89 Å². The summed E-state index contributed by atoms with van der Waals surface area (Å²) in [5.41, 5.74) is 4.05. The molecule has 3 heteroatoms. The van der Waals surface area contributed by atoms with Gasteiger partial charge in [-0.1, -0.05) is 17.2 Å². The van der Waals surface area contributed by atoms with Gasteiger partial charge in [0.05, 0.1) is 18.2 Å². The highest BCUT2D eigenvalue weighted by molar-refractivity contribution is 5.56. The van der Waals surface area contributed by atoms with E-state index in [0.29, 0.717) is 12.3 Å². The van der Waals surface area contributed by atoms with Gasteiger partial charge in [-0.15, -0.1) is 0 Å². The maximum atomic E-state index is 8.68. The van der Waals surface area contributed by atoms with Crippen molar-refractivity contribution in [3.8, 4) is 17.5 Å². The fraction of sp³-hybridized carbons (Fsp3) is 0.286. The second-order valence-corrected chi connectivity index (χ2v) is 4.23. The highest BCUT2D eigenvalue weighted by Gasteiger charge is 2.11. The van der Waals surface area contributed by atoms with E-state index in [9.17, 15) is 0 Å². The molecule has 0 aliphatic rings. The van der Waals surface area contributed by atoms with Crippen LogP contribution in [0.1, 0.15) is 22.6 Å². The second kappa shape index (κ2) is 4.42. The molecule has 0 bridgehead atoms. The third kappa shape index (κ3) is 2.36. The predicted molar refractivity (Wildman–Crippen MR) is 65.5 cm³/mol. The number of hydrogen-bond donors (Lipinski definition) is 0. The summed E-state index contributed by atoms with van der Waals surface area (Å²) in [5.74, 6) is 1.32. The van der Waals surface area contributed by atoms with Crippen LogP contribution in [0.5, 0.6) is 0 Å². The van der Waals surface area contributed by atoms with Crippen LogP contribution < -0.4 is 0 Å². The first-order valence-electron chi connectivity index (χ1n) is 5.52. The van der Waals surface area contributed by atoms with Gasteiger partial charge in [-0.25, -0.2) is 4.98 Å². The molecule has 1 aromatic heterocycles. The first-order chi connectivity index (χ1) is 8.10. The van der Waals surface area contributed by atoms with Gasteiger partial charge in [-0.2, -0.15) is 5.26 Å². The highest BCUT2D eigenvalue weighted by Crippen LogP contribution is 2.24. The van der Waals surface area contributed by atoms with E-state index in [1.54, 1.807) is 0 Å². The van der Waals surface area contributed by atoms with Crippen LogP contribution in [0.15, 0.2) is 22.6 Å². The smallest absolute Gasteiger partial charge is 0.226 e. The molecule has 2 rings (SSSR count). The normalized spacial score (nSPS) is 10.2. The summed E-state index contributed by atoms with van der Waals surface area (Å²) in [6.07, 6.45) is 0.292. The number of benzene rings is 1. The predicted octanol–water partition coefficient (Wildman–Crippen LogP) is 3.33. The topological polar surface area (TPSA) is 49.8 Å². The molecule has 86 valence electrons. The molecule has 3 nitrogen and oxygen atoms in total. The SMILES string of the molecule is Cc1cc(C)cc(-c2nc(CC#N)c(C)o2)c1. The first kappa shape index (κ1) is 11.4. The molecule has 0 amide bonds. The van der Waals surface area contributed by atoms with Crippen LogP contribution in [0.4, 0.5) is 0 Å². The number of nitriles is 1. The molecule has 0 aliphatic carbocycles. The molecule has 0 fully saturated rings. The summed E-state index contributed by atoms with van der Waals surface area (Å²) in [7, 11) is 0. The van der Waals surface area contributed by atoms with E-state index in [4.69, 9.17) is 9.68 Å². The molecule has 17 heavy (non-hydrogen) atoms. The fourth-order valence-corrected chi connectivity index (χ4v) is 1.89. The Morgan fingerprint density at radius 3 is 2.41 bits per heavy atom. The molecule has 0 N–H and O–H groups in total. The zero-order valence-electron chi connectivity index (χ0n) is 10.2. The van der Waals surface area contributed by atoms with Crippen molar-refractivity contribution in [2.45, 2.75) is 27.2 Å². The van der Waals surface area contributed by atoms with Crippen molar-refractivity contribution >= 4 is 0 Å². The lowest BCUT2D eigenvalue weighted by atomic mass is 10.1. The minimum absolute atomic E-state index is 0.292. The third-order valence-corrected chi connectivity index (χ3v) is 2.61. The number of rotatable bonds is 2. The molecular formula is C14H14N2O. The van der Waals surface area contributed by atoms with Gasteiger partial charge in [0, 0.05) is 5.56 Å². The van der Waals surface area contributed by atoms with Gasteiger partial charge in [-0.05, 0) is 32.9 Å². The molecule has 0 unspecified atom stereocenters. The Hall–Kier alpha value is -2.08. The highest BCUT2D eigenvalue weighted by atomic mass is 16.4. The number of hydrogen-bond acceptors (Lipinski definition) is 3. The summed E-state index contributed by atoms with van der Waals surface area (Å²) in [6, 6.07) is 8.27. The Bertz CT molecular complexity index is 571. The fourth-order valence-electron chi connectivity index (χ4n) is 1.89. The molecule has 2 aromatic rings. The van der Waals surface area contributed by atoms with Crippen molar-refractivity contribution in [2.24, 2.45) is 0 Å². The zero-order valence-corrected chi connectivity index (χ0v) is 10.2. The summed E-state index contributed by atoms with van der Waals surface area (Å²) < 4.78 is 5.60. The third-order valence-electron chi connectivity index (χ3n) is 2.61. The van der Waals surface area contributed by atoms with E-state index >= 15 is 0 Å². The maximum absolute atomic E-state index is 8.68. The van der Waals surface area contributed by atoms with Crippen LogP contribution in [0.25, 0.3) is 11.5 Å². The van der Waals surface area contributed by atoms with E-state index in [0.717, 1.165) is 17.0 Å². The van der Waals surface area contributed by atoms with Gasteiger partial charge >= 0.3 is 0 Å². The zero-order chi connectivity index (χ0) is 12.4. The van der Waals surface area contributed by atoms with Crippen molar-refractivity contribution < 1.29 is 4.42 Å². The summed E-state index contributed by atoms with van der Waals surface area (Å²) in [5, 5.41) is 8.68. The lowest BCUT2D eigenvalue weighted by Gasteiger charge is -2.00. The molecule has 0 saturated carbocycles.